The van der Waals surface area contributed by atoms with Crippen molar-refractivity contribution in [1.82, 2.24) is 14.9 Å². The molecule has 3 rings (SSSR count). The van der Waals surface area contributed by atoms with Gasteiger partial charge in [-0.25, -0.2) is 4.98 Å². The molecule has 1 aliphatic heterocycles. The Hall–Kier alpha value is -1.88. The first-order valence-corrected chi connectivity index (χ1v) is 8.54. The van der Waals surface area contributed by atoms with Crippen molar-refractivity contribution in [3.05, 3.63) is 29.6 Å². The molecule has 23 heavy (non-hydrogen) atoms. The van der Waals surface area contributed by atoms with Crippen LogP contribution < -0.4 is 5.32 Å². The molecule has 0 spiro atoms. The summed E-state index contributed by atoms with van der Waals surface area (Å²) in [5.41, 5.74) is 2.74. The van der Waals surface area contributed by atoms with Gasteiger partial charge in [0.15, 0.2) is 0 Å². The van der Waals surface area contributed by atoms with Crippen LogP contribution in [0.3, 0.4) is 0 Å². The molecule has 1 aromatic carbocycles. The van der Waals surface area contributed by atoms with E-state index in [4.69, 9.17) is 9.72 Å². The van der Waals surface area contributed by atoms with Crippen molar-refractivity contribution in [2.45, 2.75) is 39.7 Å². The number of hydrogen-bond acceptors (Lipinski definition) is 3. The van der Waals surface area contributed by atoms with Crippen LogP contribution in [0.2, 0.25) is 0 Å². The first-order chi connectivity index (χ1) is 11.2. The molecule has 2 aromatic rings. The second-order valence-corrected chi connectivity index (χ2v) is 6.29. The number of imidazole rings is 1. The zero-order valence-corrected chi connectivity index (χ0v) is 14.0. The highest BCUT2D eigenvalue weighted by Gasteiger charge is 2.19. The standard InChI is InChI=1S/C18H25N3O2/c1-3-23-10-4-8-19-18(22)14-5-6-16-15(12-14)20-17-11-13(2)7-9-21(16)17/h5-6,12-13H,3-4,7-11H2,1-2H3,(H,19,22). The highest BCUT2D eigenvalue weighted by molar-refractivity contribution is 5.97. The lowest BCUT2D eigenvalue weighted by Gasteiger charge is -2.19. The number of aromatic nitrogens is 2. The number of carbonyl (C=O) groups is 1. The summed E-state index contributed by atoms with van der Waals surface area (Å²) in [5.74, 6) is 1.79. The molecule has 1 unspecified atom stereocenters. The van der Waals surface area contributed by atoms with Crippen molar-refractivity contribution >= 4 is 16.9 Å². The first-order valence-electron chi connectivity index (χ1n) is 8.54. The van der Waals surface area contributed by atoms with Crippen molar-refractivity contribution in [2.24, 2.45) is 5.92 Å². The highest BCUT2D eigenvalue weighted by atomic mass is 16.5. The fourth-order valence-corrected chi connectivity index (χ4v) is 3.11. The van der Waals surface area contributed by atoms with Gasteiger partial charge in [-0.1, -0.05) is 6.92 Å². The molecular weight excluding hydrogens is 290 g/mol. The third-order valence-corrected chi connectivity index (χ3v) is 4.42. The lowest BCUT2D eigenvalue weighted by molar-refractivity contribution is 0.0944. The normalized spacial score (nSPS) is 17.2. The predicted molar refractivity (Wildman–Crippen MR) is 90.7 cm³/mol. The molecule has 0 bridgehead atoms. The van der Waals surface area contributed by atoms with Gasteiger partial charge in [-0.3, -0.25) is 4.79 Å². The zero-order valence-electron chi connectivity index (χ0n) is 14.0. The van der Waals surface area contributed by atoms with Gasteiger partial charge in [-0.05, 0) is 43.9 Å². The molecular formula is C18H25N3O2. The van der Waals surface area contributed by atoms with Crippen LogP contribution in [0.1, 0.15) is 42.9 Å². The molecule has 1 atom stereocenters. The number of benzene rings is 1. The van der Waals surface area contributed by atoms with Gasteiger partial charge >= 0.3 is 0 Å². The average Bonchev–Trinajstić information content (AvgIpc) is 2.90. The summed E-state index contributed by atoms with van der Waals surface area (Å²) >= 11 is 0. The van der Waals surface area contributed by atoms with Crippen LogP contribution >= 0.6 is 0 Å². The van der Waals surface area contributed by atoms with E-state index in [-0.39, 0.29) is 5.91 Å². The van der Waals surface area contributed by atoms with Gasteiger partial charge in [0.05, 0.1) is 11.0 Å². The average molecular weight is 315 g/mol. The van der Waals surface area contributed by atoms with Crippen LogP contribution in [-0.4, -0.2) is 35.2 Å². The quantitative estimate of drug-likeness (QED) is 0.834. The lowest BCUT2D eigenvalue weighted by Crippen LogP contribution is -2.25. The Morgan fingerprint density at radius 1 is 1.48 bits per heavy atom. The summed E-state index contributed by atoms with van der Waals surface area (Å²) in [6.45, 7) is 7.29. The van der Waals surface area contributed by atoms with Crippen LogP contribution in [0.25, 0.3) is 11.0 Å². The van der Waals surface area contributed by atoms with E-state index in [9.17, 15) is 4.79 Å². The van der Waals surface area contributed by atoms with E-state index >= 15 is 0 Å². The Bertz CT molecular complexity index is 693. The molecule has 1 aliphatic rings. The molecule has 0 saturated heterocycles. The molecule has 5 nitrogen and oxygen atoms in total. The molecule has 2 heterocycles. The molecule has 0 aliphatic carbocycles. The van der Waals surface area contributed by atoms with E-state index in [1.807, 2.05) is 25.1 Å². The molecule has 1 amide bonds. The summed E-state index contributed by atoms with van der Waals surface area (Å²) in [5, 5.41) is 2.94. The Labute approximate surface area is 137 Å². The number of hydrogen-bond donors (Lipinski definition) is 1. The summed E-state index contributed by atoms with van der Waals surface area (Å²) in [6.07, 6.45) is 3.05. The maximum atomic E-state index is 12.2. The van der Waals surface area contributed by atoms with Crippen LogP contribution in [0, 0.1) is 5.92 Å². The predicted octanol–water partition coefficient (Wildman–Crippen LogP) is 2.78. The second kappa shape index (κ2) is 7.13. The maximum absolute atomic E-state index is 12.2. The minimum absolute atomic E-state index is 0.0391. The zero-order chi connectivity index (χ0) is 16.2. The highest BCUT2D eigenvalue weighted by Crippen LogP contribution is 2.25. The molecule has 1 aromatic heterocycles. The Morgan fingerprint density at radius 2 is 2.35 bits per heavy atom. The van der Waals surface area contributed by atoms with Gasteiger partial charge in [0, 0.05) is 38.3 Å². The third kappa shape index (κ3) is 3.55. The summed E-state index contributed by atoms with van der Waals surface area (Å²) < 4.78 is 7.56. The summed E-state index contributed by atoms with van der Waals surface area (Å²) in [7, 11) is 0. The number of carbonyl (C=O) groups excluding carboxylic acids is 1. The van der Waals surface area contributed by atoms with Crippen LogP contribution in [0.5, 0.6) is 0 Å². The largest absolute Gasteiger partial charge is 0.382 e. The molecule has 0 fully saturated rings. The summed E-state index contributed by atoms with van der Waals surface area (Å²) in [6, 6.07) is 5.83. The molecule has 0 radical (unpaired) electrons. The van der Waals surface area contributed by atoms with Crippen LogP contribution in [-0.2, 0) is 17.7 Å². The lowest BCUT2D eigenvalue weighted by atomic mass is 10.0. The van der Waals surface area contributed by atoms with E-state index in [2.05, 4.69) is 16.8 Å². The second-order valence-electron chi connectivity index (χ2n) is 6.29. The van der Waals surface area contributed by atoms with E-state index in [1.165, 1.54) is 6.42 Å². The number of fused-ring (bicyclic) bond motifs is 3. The van der Waals surface area contributed by atoms with Crippen LogP contribution in [0.15, 0.2) is 18.2 Å². The third-order valence-electron chi connectivity index (χ3n) is 4.42. The van der Waals surface area contributed by atoms with Gasteiger partial charge in [0.1, 0.15) is 5.82 Å². The fourth-order valence-electron chi connectivity index (χ4n) is 3.11. The smallest absolute Gasteiger partial charge is 0.251 e. The molecule has 5 heteroatoms. The number of aryl methyl sites for hydroxylation is 1. The minimum atomic E-state index is -0.0391. The summed E-state index contributed by atoms with van der Waals surface area (Å²) in [4.78, 5) is 17.0. The van der Waals surface area contributed by atoms with Crippen molar-refractivity contribution in [2.75, 3.05) is 19.8 Å². The van der Waals surface area contributed by atoms with Gasteiger partial charge in [0.25, 0.3) is 5.91 Å². The van der Waals surface area contributed by atoms with Crippen molar-refractivity contribution in [1.29, 1.82) is 0 Å². The molecule has 1 N–H and O–H groups in total. The van der Waals surface area contributed by atoms with Crippen LogP contribution in [0.4, 0.5) is 0 Å². The molecule has 124 valence electrons. The number of nitrogens with one attached hydrogen (secondary N) is 1. The first kappa shape index (κ1) is 16.0. The van der Waals surface area contributed by atoms with Gasteiger partial charge in [-0.15, -0.1) is 0 Å². The number of rotatable bonds is 6. The molecule has 0 saturated carbocycles. The van der Waals surface area contributed by atoms with Crippen molar-refractivity contribution in [3.8, 4) is 0 Å². The Kier molecular flexibility index (Phi) is 4.96. The Morgan fingerprint density at radius 3 is 3.17 bits per heavy atom. The number of ether oxygens (including phenoxy) is 1. The van der Waals surface area contributed by atoms with E-state index in [1.54, 1.807) is 0 Å². The van der Waals surface area contributed by atoms with Gasteiger partial charge in [0.2, 0.25) is 0 Å². The topological polar surface area (TPSA) is 56.1 Å². The van der Waals surface area contributed by atoms with E-state index < -0.39 is 0 Å². The SMILES string of the molecule is CCOCCCNC(=O)c1ccc2c(c1)nc1n2CCC(C)C1. The van der Waals surface area contributed by atoms with Crippen molar-refractivity contribution in [3.63, 3.8) is 0 Å². The monoisotopic (exact) mass is 315 g/mol. The minimum Gasteiger partial charge on any atom is -0.382 e. The Balaban J connectivity index is 1.69. The van der Waals surface area contributed by atoms with Gasteiger partial charge in [-0.2, -0.15) is 0 Å². The number of amides is 1. The van der Waals surface area contributed by atoms with E-state index in [0.717, 1.165) is 36.2 Å². The van der Waals surface area contributed by atoms with E-state index in [0.29, 0.717) is 31.2 Å². The van der Waals surface area contributed by atoms with Gasteiger partial charge < -0.3 is 14.6 Å². The fraction of sp³-hybridized carbons (Fsp3) is 0.556. The van der Waals surface area contributed by atoms with Crippen molar-refractivity contribution < 1.29 is 9.53 Å². The maximum Gasteiger partial charge on any atom is 0.251 e. The number of nitrogens with zero attached hydrogens (tertiary/aromatic N) is 2.